The van der Waals surface area contributed by atoms with Crippen LogP contribution in [-0.4, -0.2) is 26.3 Å². The highest BCUT2D eigenvalue weighted by Gasteiger charge is 2.26. The molecule has 3 heterocycles. The Morgan fingerprint density at radius 2 is 1.88 bits per heavy atom. The largest absolute Gasteiger partial charge is 0.348 e. The standard InChI is InChI=1S/C17H17F2N5/c1-23-10-11(8-21-23)16-4-2-3-5-24(16)17-9-20-14-6-12(18)13(19)7-15(14)22-17/h6-10,16H,2-5H2,1H3/t16-/m0/s1. The fraction of sp³-hybridized carbons (Fsp3) is 0.353. The number of rotatable bonds is 2. The first kappa shape index (κ1) is 15.0. The lowest BCUT2D eigenvalue weighted by Crippen LogP contribution is -2.34. The predicted octanol–water partition coefficient (Wildman–Crippen LogP) is 3.37. The Balaban J connectivity index is 1.74. The average molecular weight is 329 g/mol. The number of hydrogen-bond donors (Lipinski definition) is 0. The van der Waals surface area contributed by atoms with Crippen LogP contribution in [0.5, 0.6) is 0 Å². The van der Waals surface area contributed by atoms with E-state index in [4.69, 9.17) is 0 Å². The van der Waals surface area contributed by atoms with Crippen molar-refractivity contribution >= 4 is 16.9 Å². The van der Waals surface area contributed by atoms with Gasteiger partial charge < -0.3 is 4.90 Å². The van der Waals surface area contributed by atoms with E-state index in [1.807, 2.05) is 19.4 Å². The second-order valence-electron chi connectivity index (χ2n) is 6.14. The molecule has 7 heteroatoms. The lowest BCUT2D eigenvalue weighted by molar-refractivity contribution is 0.469. The van der Waals surface area contributed by atoms with Crippen LogP contribution in [0.1, 0.15) is 30.9 Å². The number of piperidine rings is 1. The molecule has 1 aliphatic heterocycles. The smallest absolute Gasteiger partial charge is 0.161 e. The molecule has 0 bridgehead atoms. The van der Waals surface area contributed by atoms with Crippen LogP contribution in [0, 0.1) is 11.6 Å². The summed E-state index contributed by atoms with van der Waals surface area (Å²) in [4.78, 5) is 10.9. The first-order valence-corrected chi connectivity index (χ1v) is 7.99. The van der Waals surface area contributed by atoms with Crippen molar-refractivity contribution in [1.82, 2.24) is 19.7 Å². The molecule has 1 aliphatic rings. The molecule has 0 aliphatic carbocycles. The van der Waals surface area contributed by atoms with E-state index in [2.05, 4.69) is 20.0 Å². The maximum absolute atomic E-state index is 13.5. The fourth-order valence-electron chi connectivity index (χ4n) is 3.30. The zero-order valence-electron chi connectivity index (χ0n) is 13.3. The predicted molar refractivity (Wildman–Crippen MR) is 86.6 cm³/mol. The Bertz CT molecular complexity index is 892. The molecule has 0 N–H and O–H groups in total. The summed E-state index contributed by atoms with van der Waals surface area (Å²) in [5.41, 5.74) is 1.85. The Kier molecular flexibility index (Phi) is 3.63. The minimum absolute atomic E-state index is 0.171. The van der Waals surface area contributed by atoms with Crippen LogP contribution < -0.4 is 4.90 Å². The summed E-state index contributed by atoms with van der Waals surface area (Å²) >= 11 is 0. The molecule has 1 atom stereocenters. The average Bonchev–Trinajstić information content (AvgIpc) is 3.02. The molecule has 0 saturated carbocycles. The van der Waals surface area contributed by atoms with E-state index in [1.165, 1.54) is 0 Å². The van der Waals surface area contributed by atoms with Crippen molar-refractivity contribution < 1.29 is 8.78 Å². The normalized spacial score (nSPS) is 18.3. The van der Waals surface area contributed by atoms with E-state index in [9.17, 15) is 8.78 Å². The van der Waals surface area contributed by atoms with E-state index >= 15 is 0 Å². The lowest BCUT2D eigenvalue weighted by atomic mass is 9.97. The van der Waals surface area contributed by atoms with E-state index < -0.39 is 11.6 Å². The molecule has 24 heavy (non-hydrogen) atoms. The minimum Gasteiger partial charge on any atom is -0.348 e. The second kappa shape index (κ2) is 5.81. The highest BCUT2D eigenvalue weighted by Crippen LogP contribution is 2.34. The van der Waals surface area contributed by atoms with Gasteiger partial charge in [0.15, 0.2) is 11.6 Å². The number of nitrogens with zero attached hydrogens (tertiary/aromatic N) is 5. The molecule has 1 aromatic carbocycles. The monoisotopic (exact) mass is 329 g/mol. The maximum Gasteiger partial charge on any atom is 0.161 e. The van der Waals surface area contributed by atoms with Gasteiger partial charge >= 0.3 is 0 Å². The molecular weight excluding hydrogens is 312 g/mol. The van der Waals surface area contributed by atoms with Gasteiger partial charge in [0.05, 0.1) is 29.5 Å². The van der Waals surface area contributed by atoms with Crippen LogP contribution in [-0.2, 0) is 7.05 Å². The first-order chi connectivity index (χ1) is 11.6. The number of halogens is 2. The highest BCUT2D eigenvalue weighted by atomic mass is 19.2. The number of fused-ring (bicyclic) bond motifs is 1. The SMILES string of the molecule is Cn1cc([C@@H]2CCCCN2c2cnc3cc(F)c(F)cc3n2)cn1. The zero-order chi connectivity index (χ0) is 16.7. The van der Waals surface area contributed by atoms with Gasteiger partial charge in [-0.05, 0) is 19.3 Å². The molecule has 3 aromatic rings. The molecule has 0 amide bonds. The van der Waals surface area contributed by atoms with Gasteiger partial charge in [-0.2, -0.15) is 5.10 Å². The maximum atomic E-state index is 13.5. The highest BCUT2D eigenvalue weighted by molar-refractivity contribution is 5.75. The molecule has 0 unspecified atom stereocenters. The van der Waals surface area contributed by atoms with Crippen molar-refractivity contribution in [3.05, 3.63) is 47.9 Å². The third-order valence-electron chi connectivity index (χ3n) is 4.48. The summed E-state index contributed by atoms with van der Waals surface area (Å²) in [6, 6.07) is 2.35. The molecule has 2 aromatic heterocycles. The van der Waals surface area contributed by atoms with E-state index in [0.29, 0.717) is 16.9 Å². The van der Waals surface area contributed by atoms with E-state index in [1.54, 1.807) is 10.9 Å². The Morgan fingerprint density at radius 3 is 2.62 bits per heavy atom. The number of hydrogen-bond acceptors (Lipinski definition) is 4. The van der Waals surface area contributed by atoms with Gasteiger partial charge in [0.25, 0.3) is 0 Å². The minimum atomic E-state index is -0.907. The molecule has 1 fully saturated rings. The molecule has 5 nitrogen and oxygen atoms in total. The Morgan fingerprint density at radius 1 is 1.08 bits per heavy atom. The third-order valence-corrected chi connectivity index (χ3v) is 4.48. The van der Waals surface area contributed by atoms with Crippen LogP contribution in [0.15, 0.2) is 30.7 Å². The molecule has 4 rings (SSSR count). The lowest BCUT2D eigenvalue weighted by Gasteiger charge is -2.36. The zero-order valence-corrected chi connectivity index (χ0v) is 13.3. The van der Waals surface area contributed by atoms with Crippen LogP contribution in [0.25, 0.3) is 11.0 Å². The van der Waals surface area contributed by atoms with Gasteiger partial charge in [0, 0.05) is 37.5 Å². The molecule has 124 valence electrons. The van der Waals surface area contributed by atoms with Gasteiger partial charge in [-0.1, -0.05) is 0 Å². The molecule has 1 saturated heterocycles. The van der Waals surface area contributed by atoms with E-state index in [0.717, 1.165) is 43.5 Å². The number of benzene rings is 1. The van der Waals surface area contributed by atoms with Crippen molar-refractivity contribution in [2.75, 3.05) is 11.4 Å². The van der Waals surface area contributed by atoms with Crippen LogP contribution in [0.3, 0.4) is 0 Å². The van der Waals surface area contributed by atoms with Crippen LogP contribution in [0.4, 0.5) is 14.6 Å². The summed E-state index contributed by atoms with van der Waals surface area (Å²) in [6.07, 6.45) is 8.71. The van der Waals surface area contributed by atoms with Gasteiger partial charge in [0.2, 0.25) is 0 Å². The number of aromatic nitrogens is 4. The fourth-order valence-corrected chi connectivity index (χ4v) is 3.30. The summed E-state index contributed by atoms with van der Waals surface area (Å²) in [7, 11) is 1.89. The topological polar surface area (TPSA) is 46.8 Å². The van der Waals surface area contributed by atoms with Crippen molar-refractivity contribution in [3.8, 4) is 0 Å². The Hall–Kier alpha value is -2.57. The second-order valence-corrected chi connectivity index (χ2v) is 6.14. The van der Waals surface area contributed by atoms with Gasteiger partial charge in [0.1, 0.15) is 5.82 Å². The number of aryl methyl sites for hydroxylation is 1. The van der Waals surface area contributed by atoms with Gasteiger partial charge in [-0.3, -0.25) is 9.67 Å². The molecule has 0 spiro atoms. The van der Waals surface area contributed by atoms with E-state index in [-0.39, 0.29) is 6.04 Å². The van der Waals surface area contributed by atoms with Crippen molar-refractivity contribution in [2.24, 2.45) is 7.05 Å². The van der Waals surface area contributed by atoms with Crippen LogP contribution >= 0.6 is 0 Å². The van der Waals surface area contributed by atoms with Gasteiger partial charge in [-0.25, -0.2) is 13.8 Å². The summed E-state index contributed by atoms with van der Waals surface area (Å²) in [5.74, 6) is -1.13. The first-order valence-electron chi connectivity index (χ1n) is 7.99. The number of anilines is 1. The van der Waals surface area contributed by atoms with Crippen molar-refractivity contribution in [1.29, 1.82) is 0 Å². The summed E-state index contributed by atoms with van der Waals surface area (Å²) in [6.45, 7) is 0.851. The summed E-state index contributed by atoms with van der Waals surface area (Å²) < 4.78 is 28.6. The van der Waals surface area contributed by atoms with Crippen molar-refractivity contribution in [3.63, 3.8) is 0 Å². The summed E-state index contributed by atoms with van der Waals surface area (Å²) in [5, 5.41) is 4.25. The quantitative estimate of drug-likeness (QED) is 0.723. The molecular formula is C17H17F2N5. The van der Waals surface area contributed by atoms with Crippen molar-refractivity contribution in [2.45, 2.75) is 25.3 Å². The Labute approximate surface area is 137 Å². The van der Waals surface area contributed by atoms with Gasteiger partial charge in [-0.15, -0.1) is 0 Å². The van der Waals surface area contributed by atoms with Crippen LogP contribution in [0.2, 0.25) is 0 Å². The third kappa shape index (κ3) is 2.60. The molecule has 0 radical (unpaired) electrons.